The molecule has 0 unspecified atom stereocenters. The van der Waals surface area contributed by atoms with Gasteiger partial charge in [0, 0.05) is 23.9 Å². The predicted octanol–water partition coefficient (Wildman–Crippen LogP) is 4.87. The monoisotopic (exact) mass is 476 g/mol. The average molecular weight is 477 g/mol. The van der Waals surface area contributed by atoms with Gasteiger partial charge >= 0.3 is 0 Å². The molecule has 31 heavy (non-hydrogen) atoms. The fourth-order valence-electron chi connectivity index (χ4n) is 3.51. The molecule has 0 spiro atoms. The summed E-state index contributed by atoms with van der Waals surface area (Å²) in [6, 6.07) is 11.8. The summed E-state index contributed by atoms with van der Waals surface area (Å²) >= 11 is 3.25. The Hall–Kier alpha value is -2.46. The number of aromatic nitrogens is 1. The first-order chi connectivity index (χ1) is 14.9. The van der Waals surface area contributed by atoms with E-state index < -0.39 is 10.1 Å². The number of hydrogen-bond donors (Lipinski definition) is 1. The van der Waals surface area contributed by atoms with Gasteiger partial charge in [-0.1, -0.05) is 23.5 Å². The lowest BCUT2D eigenvalue weighted by Gasteiger charge is -2.02. The summed E-state index contributed by atoms with van der Waals surface area (Å²) in [6.45, 7) is 0.469. The fraction of sp³-hybridized carbons (Fsp3) is 0.227. The molecule has 2 aromatic carbocycles. The first-order valence-corrected chi connectivity index (χ1v) is 12.9. The molecule has 0 fully saturated rings. The Morgan fingerprint density at radius 1 is 1.13 bits per heavy atom. The standard InChI is InChI=1S/C22H21NO5S3/c1-27-16-6-3-5-15(13-16)7-8-20-23(10-4-12-31(24,25)26)21-19(30-20)14-18(28-2)17-9-11-29-22(17)21/h3,5-9,11,13-14H,4,10,12H2,1-2H3/p+1/b8-7+. The topological polar surface area (TPSA) is 76.7 Å². The lowest BCUT2D eigenvalue weighted by molar-refractivity contribution is -0.667. The number of aryl methyl sites for hydroxylation is 1. The summed E-state index contributed by atoms with van der Waals surface area (Å²) in [4.78, 5) is 0. The minimum Gasteiger partial charge on any atom is -0.497 e. The van der Waals surface area contributed by atoms with Crippen molar-refractivity contribution < 1.29 is 27.0 Å². The van der Waals surface area contributed by atoms with Crippen molar-refractivity contribution in [2.45, 2.75) is 13.0 Å². The summed E-state index contributed by atoms with van der Waals surface area (Å²) < 4.78 is 46.8. The second-order valence-electron chi connectivity index (χ2n) is 6.93. The van der Waals surface area contributed by atoms with Crippen LogP contribution in [0, 0.1) is 0 Å². The van der Waals surface area contributed by atoms with E-state index in [2.05, 4.69) is 4.57 Å². The van der Waals surface area contributed by atoms with Crippen LogP contribution in [0.3, 0.4) is 0 Å². The molecule has 0 bridgehead atoms. The number of ether oxygens (including phenoxy) is 2. The molecule has 0 radical (unpaired) electrons. The molecule has 4 rings (SSSR count). The molecular weight excluding hydrogens is 454 g/mol. The number of hydrogen-bond acceptors (Lipinski definition) is 6. The normalized spacial score (nSPS) is 12.2. The number of benzene rings is 2. The molecular formula is C22H22NO5S3+. The second-order valence-corrected chi connectivity index (χ2v) is 10.5. The molecule has 162 valence electrons. The van der Waals surface area contributed by atoms with Gasteiger partial charge in [0.2, 0.25) is 5.52 Å². The third-order valence-electron chi connectivity index (χ3n) is 4.91. The highest BCUT2D eigenvalue weighted by molar-refractivity contribution is 7.85. The predicted molar refractivity (Wildman–Crippen MR) is 127 cm³/mol. The first-order valence-electron chi connectivity index (χ1n) is 9.57. The van der Waals surface area contributed by atoms with Crippen molar-refractivity contribution >= 4 is 65.2 Å². The highest BCUT2D eigenvalue weighted by Gasteiger charge is 2.24. The Labute approximate surface area is 188 Å². The van der Waals surface area contributed by atoms with E-state index in [-0.39, 0.29) is 5.75 Å². The Morgan fingerprint density at radius 3 is 2.71 bits per heavy atom. The minimum absolute atomic E-state index is 0.278. The summed E-state index contributed by atoms with van der Waals surface area (Å²) in [6.07, 6.45) is 4.35. The summed E-state index contributed by atoms with van der Waals surface area (Å²) in [5.74, 6) is 1.32. The van der Waals surface area contributed by atoms with E-state index in [1.54, 1.807) is 36.9 Å². The maximum Gasteiger partial charge on any atom is 0.265 e. The fourth-order valence-corrected chi connectivity index (χ4v) is 6.16. The molecule has 0 aliphatic carbocycles. The van der Waals surface area contributed by atoms with Crippen molar-refractivity contribution in [2.75, 3.05) is 20.0 Å². The van der Waals surface area contributed by atoms with Gasteiger partial charge in [0.05, 0.1) is 20.0 Å². The zero-order chi connectivity index (χ0) is 22.0. The van der Waals surface area contributed by atoms with Crippen molar-refractivity contribution in [1.29, 1.82) is 0 Å². The van der Waals surface area contributed by atoms with E-state index in [4.69, 9.17) is 14.0 Å². The highest BCUT2D eigenvalue weighted by atomic mass is 32.2. The molecule has 2 heterocycles. The van der Waals surface area contributed by atoms with Crippen LogP contribution in [0.5, 0.6) is 11.5 Å². The Kier molecular flexibility index (Phi) is 6.29. The van der Waals surface area contributed by atoms with Crippen LogP contribution < -0.4 is 14.0 Å². The zero-order valence-electron chi connectivity index (χ0n) is 17.1. The number of nitrogens with zero attached hydrogens (tertiary/aromatic N) is 1. The van der Waals surface area contributed by atoms with Crippen LogP contribution in [0.25, 0.3) is 32.5 Å². The van der Waals surface area contributed by atoms with E-state index in [9.17, 15) is 8.42 Å². The summed E-state index contributed by atoms with van der Waals surface area (Å²) in [7, 11) is -0.709. The van der Waals surface area contributed by atoms with Crippen molar-refractivity contribution in [3.8, 4) is 11.5 Å². The third-order valence-corrected chi connectivity index (χ3v) is 7.73. The maximum absolute atomic E-state index is 11.2. The van der Waals surface area contributed by atoms with Crippen LogP contribution in [0.15, 0.2) is 41.8 Å². The molecule has 0 amide bonds. The van der Waals surface area contributed by atoms with Gasteiger partial charge in [-0.2, -0.15) is 13.0 Å². The highest BCUT2D eigenvalue weighted by Crippen LogP contribution is 2.38. The lowest BCUT2D eigenvalue weighted by Crippen LogP contribution is -2.36. The van der Waals surface area contributed by atoms with Crippen LogP contribution in [-0.4, -0.2) is 32.9 Å². The smallest absolute Gasteiger partial charge is 0.265 e. The maximum atomic E-state index is 11.2. The molecule has 0 atom stereocenters. The molecule has 0 aliphatic heterocycles. The van der Waals surface area contributed by atoms with Gasteiger partial charge in [-0.25, -0.2) is 0 Å². The van der Waals surface area contributed by atoms with Crippen LogP contribution in [0.2, 0.25) is 0 Å². The molecule has 9 heteroatoms. The van der Waals surface area contributed by atoms with E-state index >= 15 is 0 Å². The van der Waals surface area contributed by atoms with Gasteiger partial charge < -0.3 is 9.47 Å². The van der Waals surface area contributed by atoms with Crippen LogP contribution >= 0.6 is 22.7 Å². The number of thiophene rings is 1. The Bertz CT molecular complexity index is 1370. The molecule has 0 aliphatic rings. The van der Waals surface area contributed by atoms with Gasteiger partial charge in [-0.05, 0) is 35.2 Å². The Morgan fingerprint density at radius 2 is 1.97 bits per heavy atom. The van der Waals surface area contributed by atoms with Crippen LogP contribution in [-0.2, 0) is 16.7 Å². The van der Waals surface area contributed by atoms with E-state index in [0.29, 0.717) is 13.0 Å². The number of fused-ring (bicyclic) bond motifs is 3. The Balaban J connectivity index is 1.82. The largest absolute Gasteiger partial charge is 0.497 e. The minimum atomic E-state index is -4.01. The average Bonchev–Trinajstić information content (AvgIpc) is 3.35. The van der Waals surface area contributed by atoms with Gasteiger partial charge in [-0.15, -0.1) is 11.3 Å². The molecule has 0 saturated carbocycles. The van der Waals surface area contributed by atoms with E-state index in [1.807, 2.05) is 53.9 Å². The summed E-state index contributed by atoms with van der Waals surface area (Å²) in [5.41, 5.74) is 2.05. The van der Waals surface area contributed by atoms with Gasteiger partial charge in [-0.3, -0.25) is 4.55 Å². The first kappa shape index (κ1) is 21.8. The van der Waals surface area contributed by atoms with E-state index in [1.165, 1.54) is 0 Å². The lowest BCUT2D eigenvalue weighted by atomic mass is 10.2. The number of rotatable bonds is 8. The van der Waals surface area contributed by atoms with Gasteiger partial charge in [0.1, 0.15) is 20.9 Å². The molecule has 4 aromatic rings. The van der Waals surface area contributed by atoms with Gasteiger partial charge in [0.15, 0.2) is 6.54 Å². The van der Waals surface area contributed by atoms with E-state index in [0.717, 1.165) is 42.4 Å². The zero-order valence-corrected chi connectivity index (χ0v) is 19.5. The van der Waals surface area contributed by atoms with Crippen LogP contribution in [0.1, 0.15) is 17.0 Å². The quantitative estimate of drug-likeness (QED) is 0.290. The molecule has 1 N–H and O–H groups in total. The number of thiazole rings is 1. The molecule has 6 nitrogen and oxygen atoms in total. The van der Waals surface area contributed by atoms with Crippen molar-refractivity contribution in [1.82, 2.24) is 0 Å². The van der Waals surface area contributed by atoms with Crippen LogP contribution in [0.4, 0.5) is 0 Å². The van der Waals surface area contributed by atoms with Crippen molar-refractivity contribution in [3.05, 3.63) is 52.3 Å². The number of methoxy groups -OCH3 is 2. The SMILES string of the molecule is COc1cccc(/C=C/c2sc3cc(OC)c4ccsc4c3[n+]2CCCS(=O)(=O)O)c1. The second kappa shape index (κ2) is 8.96. The third kappa shape index (κ3) is 4.74. The summed E-state index contributed by atoms with van der Waals surface area (Å²) in [5, 5.41) is 4.04. The van der Waals surface area contributed by atoms with Gasteiger partial charge in [0.25, 0.3) is 15.1 Å². The van der Waals surface area contributed by atoms with Crippen molar-refractivity contribution in [3.63, 3.8) is 0 Å². The molecule has 0 saturated heterocycles. The molecule has 2 aromatic heterocycles. The van der Waals surface area contributed by atoms with Crippen molar-refractivity contribution in [2.24, 2.45) is 0 Å².